The summed E-state index contributed by atoms with van der Waals surface area (Å²) in [5.74, 6) is 0.987. The molecule has 4 nitrogen and oxygen atoms in total. The summed E-state index contributed by atoms with van der Waals surface area (Å²) in [6.45, 7) is 6.32. The fraction of sp³-hybridized carbons (Fsp3) is 0.688. The summed E-state index contributed by atoms with van der Waals surface area (Å²) >= 11 is 1.86. The smallest absolute Gasteiger partial charge is 0.191 e. The number of hydrogen-bond donors (Lipinski definition) is 2. The molecule has 2 fully saturated rings. The van der Waals surface area contributed by atoms with Crippen LogP contribution in [0.2, 0.25) is 0 Å². The Morgan fingerprint density at radius 1 is 1.43 bits per heavy atom. The van der Waals surface area contributed by atoms with Crippen LogP contribution >= 0.6 is 11.3 Å². The summed E-state index contributed by atoms with van der Waals surface area (Å²) in [6, 6.07) is 5.50. The Hall–Kier alpha value is -1.07. The molecular weight excluding hydrogens is 280 g/mol. The monoisotopic (exact) mass is 306 g/mol. The van der Waals surface area contributed by atoms with Crippen molar-refractivity contribution in [2.45, 2.75) is 44.7 Å². The van der Waals surface area contributed by atoms with Crippen molar-refractivity contribution in [3.05, 3.63) is 22.4 Å². The van der Waals surface area contributed by atoms with Crippen molar-refractivity contribution < 1.29 is 0 Å². The second kappa shape index (κ2) is 7.27. The topological polar surface area (TPSA) is 39.7 Å². The lowest BCUT2D eigenvalue weighted by molar-refractivity contribution is 0.255. The SMILES string of the molecule is CCNC(=NCC(c1cccs1)N1CCCC1)NC1CC1. The first kappa shape index (κ1) is 14.9. The van der Waals surface area contributed by atoms with Crippen LogP contribution in [0.25, 0.3) is 0 Å². The van der Waals surface area contributed by atoms with Gasteiger partial charge >= 0.3 is 0 Å². The molecule has 2 heterocycles. The van der Waals surface area contributed by atoms with Crippen molar-refractivity contribution >= 4 is 17.3 Å². The van der Waals surface area contributed by atoms with E-state index in [2.05, 4.69) is 40.0 Å². The Labute approximate surface area is 131 Å². The molecule has 1 saturated carbocycles. The molecule has 116 valence electrons. The van der Waals surface area contributed by atoms with Crippen molar-refractivity contribution in [3.8, 4) is 0 Å². The van der Waals surface area contributed by atoms with Gasteiger partial charge in [-0.3, -0.25) is 9.89 Å². The molecule has 2 aliphatic rings. The van der Waals surface area contributed by atoms with Gasteiger partial charge in [0.05, 0.1) is 12.6 Å². The molecule has 0 amide bonds. The molecule has 2 N–H and O–H groups in total. The molecule has 0 spiro atoms. The minimum absolute atomic E-state index is 0.446. The second-order valence-corrected chi connectivity index (χ2v) is 6.89. The third-order valence-electron chi connectivity index (χ3n) is 4.14. The van der Waals surface area contributed by atoms with E-state index in [-0.39, 0.29) is 0 Å². The van der Waals surface area contributed by atoms with E-state index in [0.717, 1.165) is 19.0 Å². The number of guanidine groups is 1. The average molecular weight is 306 g/mol. The van der Waals surface area contributed by atoms with Crippen LogP contribution < -0.4 is 10.6 Å². The van der Waals surface area contributed by atoms with Gasteiger partial charge in [-0.1, -0.05) is 6.07 Å². The Kier molecular flexibility index (Phi) is 5.14. The number of aliphatic imine (C=N–C) groups is 1. The van der Waals surface area contributed by atoms with E-state index in [0.29, 0.717) is 12.1 Å². The predicted octanol–water partition coefficient (Wildman–Crippen LogP) is 2.60. The van der Waals surface area contributed by atoms with Crippen LogP contribution in [0.1, 0.15) is 43.5 Å². The normalized spacial score (nSPS) is 21.5. The summed E-state index contributed by atoms with van der Waals surface area (Å²) in [6.07, 6.45) is 5.22. The van der Waals surface area contributed by atoms with E-state index in [9.17, 15) is 0 Å². The van der Waals surface area contributed by atoms with Crippen molar-refractivity contribution in [2.75, 3.05) is 26.2 Å². The zero-order valence-electron chi connectivity index (χ0n) is 12.8. The van der Waals surface area contributed by atoms with Gasteiger partial charge in [-0.25, -0.2) is 0 Å². The minimum Gasteiger partial charge on any atom is -0.357 e. The summed E-state index contributed by atoms with van der Waals surface area (Å²) in [7, 11) is 0. The highest BCUT2D eigenvalue weighted by atomic mass is 32.1. The van der Waals surface area contributed by atoms with Crippen LogP contribution in [-0.2, 0) is 0 Å². The van der Waals surface area contributed by atoms with Gasteiger partial charge in [-0.2, -0.15) is 0 Å². The van der Waals surface area contributed by atoms with Gasteiger partial charge in [-0.05, 0) is 57.1 Å². The Morgan fingerprint density at radius 2 is 2.24 bits per heavy atom. The summed E-state index contributed by atoms with van der Waals surface area (Å²) in [5, 5.41) is 9.05. The number of thiophene rings is 1. The van der Waals surface area contributed by atoms with E-state index in [1.54, 1.807) is 0 Å². The molecule has 1 unspecified atom stereocenters. The highest BCUT2D eigenvalue weighted by molar-refractivity contribution is 7.10. The van der Waals surface area contributed by atoms with E-state index >= 15 is 0 Å². The molecular formula is C16H26N4S. The molecule has 0 radical (unpaired) electrons. The standard InChI is InChI=1S/C16H26N4S/c1-2-17-16(19-13-7-8-13)18-12-14(15-6-5-11-21-15)20-9-3-4-10-20/h5-6,11,13-14H,2-4,7-10,12H2,1H3,(H2,17,18,19). The highest BCUT2D eigenvalue weighted by Crippen LogP contribution is 2.28. The van der Waals surface area contributed by atoms with E-state index in [1.165, 1.54) is 43.6 Å². The highest BCUT2D eigenvalue weighted by Gasteiger charge is 2.25. The fourth-order valence-electron chi connectivity index (χ4n) is 2.84. The lowest BCUT2D eigenvalue weighted by atomic mass is 10.2. The Bertz CT molecular complexity index is 447. The average Bonchev–Trinajstić information content (AvgIpc) is 2.98. The van der Waals surface area contributed by atoms with Gasteiger partial charge in [0.25, 0.3) is 0 Å². The molecule has 1 aliphatic carbocycles. The lowest BCUT2D eigenvalue weighted by Crippen LogP contribution is -2.39. The van der Waals surface area contributed by atoms with Gasteiger partial charge < -0.3 is 10.6 Å². The van der Waals surface area contributed by atoms with E-state index < -0.39 is 0 Å². The summed E-state index contributed by atoms with van der Waals surface area (Å²) in [4.78, 5) is 8.89. The number of hydrogen-bond acceptors (Lipinski definition) is 3. The molecule has 5 heteroatoms. The summed E-state index contributed by atoms with van der Waals surface area (Å²) < 4.78 is 0. The van der Waals surface area contributed by atoms with Crippen molar-refractivity contribution in [2.24, 2.45) is 4.99 Å². The maximum Gasteiger partial charge on any atom is 0.191 e. The van der Waals surface area contributed by atoms with Crippen LogP contribution in [0.3, 0.4) is 0 Å². The van der Waals surface area contributed by atoms with Gasteiger partial charge in [0.15, 0.2) is 5.96 Å². The molecule has 21 heavy (non-hydrogen) atoms. The van der Waals surface area contributed by atoms with Gasteiger partial charge in [0.2, 0.25) is 0 Å². The Balaban J connectivity index is 1.67. The van der Waals surface area contributed by atoms with Gasteiger partial charge in [-0.15, -0.1) is 11.3 Å². The number of nitrogens with one attached hydrogen (secondary N) is 2. The van der Waals surface area contributed by atoms with E-state index in [4.69, 9.17) is 4.99 Å². The van der Waals surface area contributed by atoms with Crippen LogP contribution in [0.5, 0.6) is 0 Å². The van der Waals surface area contributed by atoms with Crippen molar-refractivity contribution in [1.29, 1.82) is 0 Å². The van der Waals surface area contributed by atoms with Crippen LogP contribution in [-0.4, -0.2) is 43.1 Å². The molecule has 1 aromatic rings. The molecule has 1 aliphatic heterocycles. The molecule has 0 bridgehead atoms. The largest absolute Gasteiger partial charge is 0.357 e. The Morgan fingerprint density at radius 3 is 2.86 bits per heavy atom. The summed E-state index contributed by atoms with van der Waals surface area (Å²) in [5.41, 5.74) is 0. The lowest BCUT2D eigenvalue weighted by Gasteiger charge is -2.25. The van der Waals surface area contributed by atoms with Crippen molar-refractivity contribution in [3.63, 3.8) is 0 Å². The molecule has 3 rings (SSSR count). The molecule has 0 aromatic carbocycles. The quantitative estimate of drug-likeness (QED) is 0.627. The first-order valence-electron chi connectivity index (χ1n) is 8.19. The third-order valence-corrected chi connectivity index (χ3v) is 5.11. The third kappa shape index (κ3) is 4.20. The maximum atomic E-state index is 4.85. The zero-order chi connectivity index (χ0) is 14.5. The van der Waals surface area contributed by atoms with Crippen LogP contribution in [0.4, 0.5) is 0 Å². The fourth-order valence-corrected chi connectivity index (χ4v) is 3.69. The first-order chi connectivity index (χ1) is 10.4. The van der Waals surface area contributed by atoms with Crippen molar-refractivity contribution in [1.82, 2.24) is 15.5 Å². The van der Waals surface area contributed by atoms with Gasteiger partial charge in [0, 0.05) is 17.5 Å². The molecule has 1 atom stereocenters. The number of likely N-dealkylation sites (tertiary alicyclic amines) is 1. The van der Waals surface area contributed by atoms with Crippen LogP contribution in [0.15, 0.2) is 22.5 Å². The minimum atomic E-state index is 0.446. The number of nitrogens with zero attached hydrogens (tertiary/aromatic N) is 2. The van der Waals surface area contributed by atoms with Gasteiger partial charge in [0.1, 0.15) is 0 Å². The molecule has 1 aromatic heterocycles. The molecule has 1 saturated heterocycles. The predicted molar refractivity (Wildman–Crippen MR) is 90.0 cm³/mol. The zero-order valence-corrected chi connectivity index (χ0v) is 13.7. The number of rotatable bonds is 6. The first-order valence-corrected chi connectivity index (χ1v) is 9.07. The second-order valence-electron chi connectivity index (χ2n) is 5.91. The van der Waals surface area contributed by atoms with E-state index in [1.807, 2.05) is 11.3 Å². The maximum absolute atomic E-state index is 4.85. The van der Waals surface area contributed by atoms with Crippen LogP contribution in [0, 0.1) is 0 Å².